The van der Waals surface area contributed by atoms with Crippen molar-refractivity contribution in [3.63, 3.8) is 0 Å². The Morgan fingerprint density at radius 2 is 1.77 bits per heavy atom. The van der Waals surface area contributed by atoms with Gasteiger partial charge in [0, 0.05) is 37.0 Å². The first-order valence-electron chi connectivity index (χ1n) is 10.9. The third-order valence-corrected chi connectivity index (χ3v) is 5.75. The SMILES string of the molecule is O=C(/C=C/c1ccc(N2CCCC2=O)cc1)Nc1cccc(CN2CCCCC2)c1. The molecule has 2 aromatic rings. The molecule has 4 rings (SSSR count). The fraction of sp³-hybridized carbons (Fsp3) is 0.360. The number of hydrogen-bond donors (Lipinski definition) is 1. The number of benzene rings is 2. The van der Waals surface area contributed by atoms with Crippen LogP contribution in [0.1, 0.15) is 43.2 Å². The lowest BCUT2D eigenvalue weighted by Crippen LogP contribution is -2.29. The molecule has 0 bridgehead atoms. The van der Waals surface area contributed by atoms with Gasteiger partial charge in [0.2, 0.25) is 11.8 Å². The Hall–Kier alpha value is -2.92. The zero-order chi connectivity index (χ0) is 20.8. The molecule has 2 heterocycles. The first-order chi connectivity index (χ1) is 14.7. The number of rotatable bonds is 6. The van der Waals surface area contributed by atoms with E-state index in [-0.39, 0.29) is 11.8 Å². The van der Waals surface area contributed by atoms with Crippen LogP contribution in [0.25, 0.3) is 6.08 Å². The number of nitrogens with zero attached hydrogens (tertiary/aromatic N) is 2. The number of amides is 2. The molecule has 5 heteroatoms. The smallest absolute Gasteiger partial charge is 0.248 e. The molecule has 0 aliphatic carbocycles. The predicted molar refractivity (Wildman–Crippen MR) is 121 cm³/mol. The van der Waals surface area contributed by atoms with Gasteiger partial charge in [-0.25, -0.2) is 0 Å². The van der Waals surface area contributed by atoms with Crippen molar-refractivity contribution in [2.24, 2.45) is 0 Å². The van der Waals surface area contributed by atoms with Crippen LogP contribution in [0, 0.1) is 0 Å². The Balaban J connectivity index is 1.32. The highest BCUT2D eigenvalue weighted by Gasteiger charge is 2.21. The number of carbonyl (C=O) groups is 2. The van der Waals surface area contributed by atoms with Gasteiger partial charge in [0.15, 0.2) is 0 Å². The van der Waals surface area contributed by atoms with Crippen LogP contribution < -0.4 is 10.2 Å². The number of piperidine rings is 1. The minimum Gasteiger partial charge on any atom is -0.323 e. The van der Waals surface area contributed by atoms with Gasteiger partial charge >= 0.3 is 0 Å². The average Bonchev–Trinajstić information content (AvgIpc) is 3.19. The molecule has 2 saturated heterocycles. The largest absolute Gasteiger partial charge is 0.323 e. The number of hydrogen-bond acceptors (Lipinski definition) is 3. The van der Waals surface area contributed by atoms with Gasteiger partial charge in [0.1, 0.15) is 0 Å². The van der Waals surface area contributed by atoms with E-state index in [4.69, 9.17) is 0 Å². The van der Waals surface area contributed by atoms with Crippen molar-refractivity contribution >= 4 is 29.3 Å². The Kier molecular flexibility index (Phi) is 6.60. The van der Waals surface area contributed by atoms with Gasteiger partial charge in [-0.1, -0.05) is 30.7 Å². The predicted octanol–water partition coefficient (Wildman–Crippen LogP) is 4.45. The van der Waals surface area contributed by atoms with Gasteiger partial charge in [0.05, 0.1) is 0 Å². The molecule has 2 aromatic carbocycles. The van der Waals surface area contributed by atoms with E-state index in [9.17, 15) is 9.59 Å². The third-order valence-electron chi connectivity index (χ3n) is 5.75. The molecular formula is C25H29N3O2. The monoisotopic (exact) mass is 403 g/mol. The van der Waals surface area contributed by atoms with E-state index in [0.29, 0.717) is 6.42 Å². The molecule has 0 aromatic heterocycles. The summed E-state index contributed by atoms with van der Waals surface area (Å²) >= 11 is 0. The number of likely N-dealkylation sites (tertiary alicyclic amines) is 1. The van der Waals surface area contributed by atoms with Gasteiger partial charge < -0.3 is 10.2 Å². The third kappa shape index (κ3) is 5.36. The summed E-state index contributed by atoms with van der Waals surface area (Å²) in [7, 11) is 0. The van der Waals surface area contributed by atoms with Crippen molar-refractivity contribution in [1.82, 2.24) is 4.90 Å². The number of carbonyl (C=O) groups excluding carboxylic acids is 2. The Bertz CT molecular complexity index is 914. The first kappa shape index (κ1) is 20.4. The van der Waals surface area contributed by atoms with Crippen molar-refractivity contribution < 1.29 is 9.59 Å². The van der Waals surface area contributed by atoms with Crippen molar-refractivity contribution in [2.45, 2.75) is 38.6 Å². The summed E-state index contributed by atoms with van der Waals surface area (Å²) in [6.07, 6.45) is 8.77. The molecule has 2 aliphatic rings. The molecule has 156 valence electrons. The highest BCUT2D eigenvalue weighted by atomic mass is 16.2. The molecule has 1 N–H and O–H groups in total. The lowest BCUT2D eigenvalue weighted by Gasteiger charge is -2.26. The fourth-order valence-electron chi connectivity index (χ4n) is 4.17. The van der Waals surface area contributed by atoms with Gasteiger partial charge in [-0.3, -0.25) is 14.5 Å². The molecule has 2 aliphatic heterocycles. The van der Waals surface area contributed by atoms with Gasteiger partial charge in [-0.15, -0.1) is 0 Å². The Morgan fingerprint density at radius 3 is 2.50 bits per heavy atom. The van der Waals surface area contributed by atoms with E-state index in [0.717, 1.165) is 49.5 Å². The molecule has 0 radical (unpaired) electrons. The van der Waals surface area contributed by atoms with Gasteiger partial charge in [-0.05, 0) is 73.8 Å². The van der Waals surface area contributed by atoms with Crippen molar-refractivity contribution in [3.8, 4) is 0 Å². The first-order valence-corrected chi connectivity index (χ1v) is 10.9. The Labute approximate surface area is 178 Å². The van der Waals surface area contributed by atoms with Crippen LogP contribution >= 0.6 is 0 Å². The topological polar surface area (TPSA) is 52.7 Å². The minimum absolute atomic E-state index is 0.149. The second kappa shape index (κ2) is 9.72. The zero-order valence-electron chi connectivity index (χ0n) is 17.3. The van der Waals surface area contributed by atoms with Gasteiger partial charge in [0.25, 0.3) is 0 Å². The van der Waals surface area contributed by atoms with E-state index in [2.05, 4.69) is 22.3 Å². The van der Waals surface area contributed by atoms with Gasteiger partial charge in [-0.2, -0.15) is 0 Å². The lowest BCUT2D eigenvalue weighted by atomic mass is 10.1. The summed E-state index contributed by atoms with van der Waals surface area (Å²) in [5, 5.41) is 2.95. The maximum Gasteiger partial charge on any atom is 0.248 e. The summed E-state index contributed by atoms with van der Waals surface area (Å²) in [6.45, 7) is 4.03. The number of anilines is 2. The summed E-state index contributed by atoms with van der Waals surface area (Å²) in [6, 6.07) is 15.8. The maximum atomic E-state index is 12.3. The van der Waals surface area contributed by atoms with Crippen molar-refractivity contribution in [3.05, 3.63) is 65.7 Å². The molecule has 2 fully saturated rings. The van der Waals surface area contributed by atoms with Crippen LogP contribution in [0.3, 0.4) is 0 Å². The highest BCUT2D eigenvalue weighted by Crippen LogP contribution is 2.22. The molecular weight excluding hydrogens is 374 g/mol. The minimum atomic E-state index is -0.149. The zero-order valence-corrected chi connectivity index (χ0v) is 17.3. The lowest BCUT2D eigenvalue weighted by molar-refractivity contribution is -0.117. The molecule has 0 saturated carbocycles. The Morgan fingerprint density at radius 1 is 0.967 bits per heavy atom. The van der Waals surface area contributed by atoms with Crippen LogP contribution in [0.5, 0.6) is 0 Å². The van der Waals surface area contributed by atoms with E-state index in [1.165, 1.54) is 24.8 Å². The molecule has 0 spiro atoms. The molecule has 0 unspecified atom stereocenters. The van der Waals surface area contributed by atoms with E-state index in [1.807, 2.05) is 41.3 Å². The highest BCUT2D eigenvalue weighted by molar-refractivity contribution is 6.02. The van der Waals surface area contributed by atoms with Crippen LogP contribution in [0.4, 0.5) is 11.4 Å². The summed E-state index contributed by atoms with van der Waals surface area (Å²) < 4.78 is 0. The molecule has 30 heavy (non-hydrogen) atoms. The van der Waals surface area contributed by atoms with Crippen LogP contribution in [-0.4, -0.2) is 36.3 Å². The number of nitrogens with one attached hydrogen (secondary N) is 1. The van der Waals surface area contributed by atoms with Crippen molar-refractivity contribution in [1.29, 1.82) is 0 Å². The van der Waals surface area contributed by atoms with E-state index < -0.39 is 0 Å². The maximum absolute atomic E-state index is 12.3. The fourth-order valence-corrected chi connectivity index (χ4v) is 4.17. The van der Waals surface area contributed by atoms with Crippen molar-refractivity contribution in [2.75, 3.05) is 29.9 Å². The van der Waals surface area contributed by atoms with Crippen LogP contribution in [-0.2, 0) is 16.1 Å². The second-order valence-corrected chi connectivity index (χ2v) is 8.10. The molecule has 5 nitrogen and oxygen atoms in total. The normalized spacial score (nSPS) is 17.6. The van der Waals surface area contributed by atoms with Crippen LogP contribution in [0.15, 0.2) is 54.6 Å². The summed E-state index contributed by atoms with van der Waals surface area (Å²) in [5.74, 6) is 0.0316. The summed E-state index contributed by atoms with van der Waals surface area (Å²) in [5.41, 5.74) is 3.90. The quantitative estimate of drug-likeness (QED) is 0.725. The van der Waals surface area contributed by atoms with E-state index in [1.54, 1.807) is 12.2 Å². The summed E-state index contributed by atoms with van der Waals surface area (Å²) in [4.78, 5) is 28.5. The standard InChI is InChI=1S/C25H29N3O2/c29-24(14-11-20-9-12-23(13-10-20)28-17-5-8-25(28)30)26-22-7-4-6-21(18-22)19-27-15-2-1-3-16-27/h4,6-7,9-14,18H,1-3,5,8,15-17,19H2,(H,26,29)/b14-11+. The average molecular weight is 404 g/mol. The second-order valence-electron chi connectivity index (χ2n) is 8.10. The van der Waals surface area contributed by atoms with Crippen LogP contribution in [0.2, 0.25) is 0 Å². The molecule has 2 amide bonds. The molecule has 0 atom stereocenters. The van der Waals surface area contributed by atoms with E-state index >= 15 is 0 Å².